The largest absolute Gasteiger partial charge is 0.489 e. The molecule has 4 rings (SSSR count). The van der Waals surface area contributed by atoms with Gasteiger partial charge in [-0.1, -0.05) is 31.2 Å². The minimum absolute atomic E-state index is 0.216. The molecule has 1 fully saturated rings. The third-order valence-corrected chi connectivity index (χ3v) is 5.39. The van der Waals surface area contributed by atoms with Crippen LogP contribution in [-0.2, 0) is 6.61 Å². The first-order chi connectivity index (χ1) is 14.2. The summed E-state index contributed by atoms with van der Waals surface area (Å²) in [5, 5.41) is 0. The van der Waals surface area contributed by atoms with Gasteiger partial charge >= 0.3 is 0 Å². The van der Waals surface area contributed by atoms with Crippen LogP contribution in [0.5, 0.6) is 17.2 Å². The zero-order valence-electron chi connectivity index (χ0n) is 16.7. The van der Waals surface area contributed by atoms with Crippen LogP contribution >= 0.6 is 0 Å². The zero-order valence-corrected chi connectivity index (χ0v) is 16.7. The first-order valence-corrected chi connectivity index (χ1v) is 10.2. The van der Waals surface area contributed by atoms with Gasteiger partial charge in [0.1, 0.15) is 18.1 Å². The van der Waals surface area contributed by atoms with E-state index >= 15 is 0 Å². The van der Waals surface area contributed by atoms with Crippen molar-refractivity contribution >= 4 is 5.69 Å². The number of anilines is 1. The van der Waals surface area contributed by atoms with Crippen molar-refractivity contribution < 1.29 is 13.9 Å². The van der Waals surface area contributed by atoms with Gasteiger partial charge in [-0.15, -0.1) is 0 Å². The second kappa shape index (κ2) is 8.99. The highest BCUT2D eigenvalue weighted by Crippen LogP contribution is 2.29. The Kier molecular flexibility index (Phi) is 5.99. The van der Waals surface area contributed by atoms with E-state index in [-0.39, 0.29) is 11.6 Å². The summed E-state index contributed by atoms with van der Waals surface area (Å²) in [6.07, 6.45) is 3.73. The van der Waals surface area contributed by atoms with E-state index < -0.39 is 0 Å². The van der Waals surface area contributed by atoms with E-state index in [0.29, 0.717) is 18.4 Å². The summed E-state index contributed by atoms with van der Waals surface area (Å²) in [4.78, 5) is 2.49. The monoisotopic (exact) mass is 391 g/mol. The van der Waals surface area contributed by atoms with Gasteiger partial charge in [0.2, 0.25) is 0 Å². The highest BCUT2D eigenvalue weighted by molar-refractivity contribution is 5.50. The quantitative estimate of drug-likeness (QED) is 0.454. The van der Waals surface area contributed by atoms with Crippen LogP contribution in [0.3, 0.4) is 0 Å². The molecule has 3 aromatic carbocycles. The lowest BCUT2D eigenvalue weighted by molar-refractivity contribution is 0.305. The van der Waals surface area contributed by atoms with Gasteiger partial charge in [-0.3, -0.25) is 0 Å². The second-order valence-electron chi connectivity index (χ2n) is 7.36. The molecule has 0 amide bonds. The third-order valence-electron chi connectivity index (χ3n) is 5.39. The molecule has 1 aliphatic rings. The molecule has 1 saturated heterocycles. The molecule has 0 unspecified atom stereocenters. The average Bonchev–Trinajstić information content (AvgIpc) is 3.23. The van der Waals surface area contributed by atoms with Crippen LogP contribution in [0.25, 0.3) is 0 Å². The molecule has 0 bridgehead atoms. The van der Waals surface area contributed by atoms with E-state index in [9.17, 15) is 4.39 Å². The number of hydrogen-bond acceptors (Lipinski definition) is 3. The first kappa shape index (κ1) is 19.3. The summed E-state index contributed by atoms with van der Waals surface area (Å²) >= 11 is 0. The fourth-order valence-electron chi connectivity index (χ4n) is 3.85. The van der Waals surface area contributed by atoms with Gasteiger partial charge in [0.15, 0.2) is 11.6 Å². The van der Waals surface area contributed by atoms with Crippen LogP contribution in [-0.4, -0.2) is 12.6 Å². The van der Waals surface area contributed by atoms with Crippen molar-refractivity contribution in [2.45, 2.75) is 38.8 Å². The minimum atomic E-state index is -0.377. The van der Waals surface area contributed by atoms with Crippen molar-refractivity contribution in [2.24, 2.45) is 0 Å². The number of nitrogens with zero attached hydrogens (tertiary/aromatic N) is 1. The highest BCUT2D eigenvalue weighted by atomic mass is 19.1. The van der Waals surface area contributed by atoms with E-state index in [1.54, 1.807) is 18.2 Å². The molecule has 1 aliphatic heterocycles. The van der Waals surface area contributed by atoms with Crippen molar-refractivity contribution in [3.05, 3.63) is 84.2 Å². The van der Waals surface area contributed by atoms with Crippen molar-refractivity contribution in [1.29, 1.82) is 0 Å². The number of benzene rings is 3. The Morgan fingerprint density at radius 2 is 1.79 bits per heavy atom. The maximum atomic E-state index is 13.8. The molecule has 29 heavy (non-hydrogen) atoms. The maximum Gasteiger partial charge on any atom is 0.165 e. The van der Waals surface area contributed by atoms with E-state index in [2.05, 4.69) is 24.0 Å². The van der Waals surface area contributed by atoms with Crippen molar-refractivity contribution in [2.75, 3.05) is 11.4 Å². The summed E-state index contributed by atoms with van der Waals surface area (Å²) in [5.41, 5.74) is 2.23. The Labute approximate surface area is 171 Å². The predicted molar refractivity (Wildman–Crippen MR) is 114 cm³/mol. The molecule has 3 aromatic rings. The lowest BCUT2D eigenvalue weighted by Gasteiger charge is -2.26. The first-order valence-electron chi connectivity index (χ1n) is 10.2. The highest BCUT2D eigenvalue weighted by Gasteiger charge is 2.22. The summed E-state index contributed by atoms with van der Waals surface area (Å²) in [6, 6.07) is 22.9. The third kappa shape index (κ3) is 4.70. The summed E-state index contributed by atoms with van der Waals surface area (Å²) < 4.78 is 25.4. The summed E-state index contributed by atoms with van der Waals surface area (Å²) in [7, 11) is 0. The predicted octanol–water partition coefficient (Wildman–Crippen LogP) is 6.58. The van der Waals surface area contributed by atoms with Gasteiger partial charge < -0.3 is 14.4 Å². The summed E-state index contributed by atoms with van der Waals surface area (Å²) in [5.74, 6) is 1.26. The normalized spacial score (nSPS) is 16.1. The average molecular weight is 391 g/mol. The molecular formula is C25H26FNO2. The lowest BCUT2D eigenvalue weighted by Crippen LogP contribution is -2.28. The Bertz CT molecular complexity index is 942. The molecule has 0 saturated carbocycles. The molecule has 0 aromatic heterocycles. The van der Waals surface area contributed by atoms with E-state index in [1.165, 1.54) is 31.0 Å². The van der Waals surface area contributed by atoms with Gasteiger partial charge in [-0.2, -0.15) is 0 Å². The standard InChI is InChI=1S/C25H26FNO2/c1-2-20-8-6-16-27(20)21-12-14-22(15-13-21)28-18-19-7-5-9-23(17-19)29-25-11-4-3-10-24(25)26/h3-5,7,9-15,17,20H,2,6,8,16,18H2,1H3/t20-/m1/s1. The molecule has 150 valence electrons. The SMILES string of the molecule is CC[C@@H]1CCCN1c1ccc(OCc2cccc(Oc3ccccc3F)c2)cc1. The molecule has 1 atom stereocenters. The molecule has 1 heterocycles. The molecular weight excluding hydrogens is 365 g/mol. The van der Waals surface area contributed by atoms with Gasteiger partial charge in [-0.25, -0.2) is 4.39 Å². The number of halogens is 1. The van der Waals surface area contributed by atoms with Crippen LogP contribution in [0.2, 0.25) is 0 Å². The Balaban J connectivity index is 1.37. The van der Waals surface area contributed by atoms with Gasteiger partial charge in [0.25, 0.3) is 0 Å². The van der Waals surface area contributed by atoms with Gasteiger partial charge in [-0.05, 0) is 73.4 Å². The van der Waals surface area contributed by atoms with Gasteiger partial charge in [0, 0.05) is 18.3 Å². The second-order valence-corrected chi connectivity index (χ2v) is 7.36. The topological polar surface area (TPSA) is 21.7 Å². The Morgan fingerprint density at radius 3 is 2.59 bits per heavy atom. The van der Waals surface area contributed by atoms with Crippen LogP contribution in [0.4, 0.5) is 10.1 Å². The number of ether oxygens (including phenoxy) is 2. The minimum Gasteiger partial charge on any atom is -0.489 e. The van der Waals surface area contributed by atoms with Crippen molar-refractivity contribution in [1.82, 2.24) is 0 Å². The molecule has 3 nitrogen and oxygen atoms in total. The smallest absolute Gasteiger partial charge is 0.165 e. The van der Waals surface area contributed by atoms with E-state index in [1.807, 2.05) is 36.4 Å². The number of para-hydroxylation sites is 1. The Hall–Kier alpha value is -3.01. The molecule has 0 spiro atoms. The number of hydrogen-bond donors (Lipinski definition) is 0. The van der Waals surface area contributed by atoms with Crippen LogP contribution in [0, 0.1) is 5.82 Å². The molecule has 0 radical (unpaired) electrons. The summed E-state index contributed by atoms with van der Waals surface area (Å²) in [6.45, 7) is 3.81. The Morgan fingerprint density at radius 1 is 0.966 bits per heavy atom. The van der Waals surface area contributed by atoms with Crippen molar-refractivity contribution in [3.8, 4) is 17.2 Å². The fraction of sp³-hybridized carbons (Fsp3) is 0.280. The van der Waals surface area contributed by atoms with Crippen LogP contribution in [0.1, 0.15) is 31.7 Å². The van der Waals surface area contributed by atoms with Crippen LogP contribution in [0.15, 0.2) is 72.8 Å². The maximum absolute atomic E-state index is 13.8. The molecule has 4 heteroatoms. The van der Waals surface area contributed by atoms with Crippen LogP contribution < -0.4 is 14.4 Å². The molecule has 0 N–H and O–H groups in total. The van der Waals surface area contributed by atoms with Gasteiger partial charge in [0.05, 0.1) is 0 Å². The number of rotatable bonds is 7. The zero-order chi connectivity index (χ0) is 20.1. The molecule has 0 aliphatic carbocycles. The van der Waals surface area contributed by atoms with Crippen molar-refractivity contribution in [3.63, 3.8) is 0 Å². The van der Waals surface area contributed by atoms with E-state index in [0.717, 1.165) is 17.9 Å². The lowest BCUT2D eigenvalue weighted by atomic mass is 10.1. The van der Waals surface area contributed by atoms with E-state index in [4.69, 9.17) is 9.47 Å². The fourth-order valence-corrected chi connectivity index (χ4v) is 3.85.